The van der Waals surface area contributed by atoms with Crippen LogP contribution < -0.4 is 5.32 Å². The number of hydrogen-bond acceptors (Lipinski definition) is 1. The van der Waals surface area contributed by atoms with Crippen molar-refractivity contribution < 1.29 is 18.0 Å². The fourth-order valence-corrected chi connectivity index (χ4v) is 3.07. The molecule has 0 aromatic heterocycles. The minimum absolute atomic E-state index is 0.0204. The molecule has 0 aliphatic heterocycles. The van der Waals surface area contributed by atoms with Crippen molar-refractivity contribution in [3.63, 3.8) is 0 Å². The van der Waals surface area contributed by atoms with Crippen LogP contribution in [0.15, 0.2) is 0 Å². The van der Waals surface area contributed by atoms with Gasteiger partial charge in [0.05, 0.1) is 5.92 Å². The lowest BCUT2D eigenvalue weighted by atomic mass is 9.81. The lowest BCUT2D eigenvalue weighted by Gasteiger charge is -2.30. The third-order valence-electron chi connectivity index (χ3n) is 4.29. The van der Waals surface area contributed by atoms with Crippen molar-refractivity contribution in [1.29, 1.82) is 0 Å². The summed E-state index contributed by atoms with van der Waals surface area (Å²) in [6, 6.07) is 0. The number of rotatable bonds is 6. The molecule has 1 aliphatic rings. The molecular formula is C15H25BrF3NO. The molecule has 0 unspecified atom stereocenters. The molecule has 0 aromatic carbocycles. The second kappa shape index (κ2) is 7.84. The average molecular weight is 372 g/mol. The molecule has 1 aliphatic carbocycles. The maximum Gasteiger partial charge on any atom is 0.391 e. The maximum atomic E-state index is 12.6. The lowest BCUT2D eigenvalue weighted by Crippen LogP contribution is -2.40. The highest BCUT2D eigenvalue weighted by molar-refractivity contribution is 9.09. The Morgan fingerprint density at radius 2 is 1.76 bits per heavy atom. The molecule has 0 spiro atoms. The molecule has 1 amide bonds. The summed E-state index contributed by atoms with van der Waals surface area (Å²) in [6.45, 7) is 4.77. The maximum absolute atomic E-state index is 12.6. The highest BCUT2D eigenvalue weighted by atomic mass is 79.9. The molecule has 0 heterocycles. The molecule has 2 nitrogen and oxygen atoms in total. The summed E-state index contributed by atoms with van der Waals surface area (Å²) in [5.41, 5.74) is 0.0204. The average Bonchev–Trinajstić information content (AvgIpc) is 2.42. The second-order valence-corrected chi connectivity index (χ2v) is 7.56. The summed E-state index contributed by atoms with van der Waals surface area (Å²) in [4.78, 5) is 12.1. The van der Waals surface area contributed by atoms with Gasteiger partial charge in [0.2, 0.25) is 5.91 Å². The van der Waals surface area contributed by atoms with Crippen LogP contribution in [0.4, 0.5) is 13.2 Å². The normalized spacial score (nSPS) is 23.9. The SMILES string of the molecule is CC(C)(CCCBr)CNC(=O)C1CCC(C(F)(F)F)CC1. The number of carbonyl (C=O) groups is 1. The predicted molar refractivity (Wildman–Crippen MR) is 81.3 cm³/mol. The first-order valence-corrected chi connectivity index (χ1v) is 8.68. The topological polar surface area (TPSA) is 29.1 Å². The van der Waals surface area contributed by atoms with E-state index in [-0.39, 0.29) is 30.1 Å². The number of alkyl halides is 4. The molecule has 1 fully saturated rings. The van der Waals surface area contributed by atoms with Crippen LogP contribution in [0.1, 0.15) is 52.4 Å². The van der Waals surface area contributed by atoms with Gasteiger partial charge in [-0.25, -0.2) is 0 Å². The monoisotopic (exact) mass is 371 g/mol. The van der Waals surface area contributed by atoms with Crippen molar-refractivity contribution in [3.8, 4) is 0 Å². The van der Waals surface area contributed by atoms with Gasteiger partial charge in [-0.1, -0.05) is 29.8 Å². The summed E-state index contributed by atoms with van der Waals surface area (Å²) in [5, 5.41) is 3.86. The Morgan fingerprint density at radius 1 is 1.19 bits per heavy atom. The highest BCUT2D eigenvalue weighted by Crippen LogP contribution is 2.39. The Balaban J connectivity index is 2.34. The van der Waals surface area contributed by atoms with Gasteiger partial charge in [-0.3, -0.25) is 4.79 Å². The molecule has 0 bridgehead atoms. The molecule has 1 rings (SSSR count). The molecule has 0 radical (unpaired) electrons. The van der Waals surface area contributed by atoms with E-state index in [4.69, 9.17) is 0 Å². The second-order valence-electron chi connectivity index (χ2n) is 6.76. The first kappa shape index (κ1) is 18.8. The molecule has 0 saturated heterocycles. The van der Waals surface area contributed by atoms with Crippen LogP contribution >= 0.6 is 15.9 Å². The summed E-state index contributed by atoms with van der Waals surface area (Å²) >= 11 is 3.39. The quantitative estimate of drug-likeness (QED) is 0.675. The number of amides is 1. The smallest absolute Gasteiger partial charge is 0.355 e. The first-order valence-electron chi connectivity index (χ1n) is 7.56. The number of nitrogens with one attached hydrogen (secondary N) is 1. The molecule has 0 atom stereocenters. The Labute approximate surface area is 133 Å². The van der Waals surface area contributed by atoms with E-state index in [1.807, 2.05) is 0 Å². The van der Waals surface area contributed by atoms with Gasteiger partial charge >= 0.3 is 6.18 Å². The van der Waals surface area contributed by atoms with Gasteiger partial charge in [0.1, 0.15) is 0 Å². The van der Waals surface area contributed by atoms with Gasteiger partial charge in [0.25, 0.3) is 0 Å². The van der Waals surface area contributed by atoms with E-state index in [0.717, 1.165) is 18.2 Å². The van der Waals surface area contributed by atoms with E-state index in [9.17, 15) is 18.0 Å². The van der Waals surface area contributed by atoms with Gasteiger partial charge in [-0.2, -0.15) is 13.2 Å². The van der Waals surface area contributed by atoms with E-state index in [0.29, 0.717) is 19.4 Å². The van der Waals surface area contributed by atoms with Crippen LogP contribution in [-0.4, -0.2) is 24.0 Å². The van der Waals surface area contributed by atoms with E-state index in [2.05, 4.69) is 35.1 Å². The minimum Gasteiger partial charge on any atom is -0.355 e. The zero-order valence-corrected chi connectivity index (χ0v) is 14.3. The summed E-state index contributed by atoms with van der Waals surface area (Å²) in [5.74, 6) is -1.56. The van der Waals surface area contributed by atoms with E-state index in [1.54, 1.807) is 0 Å². The van der Waals surface area contributed by atoms with Crippen LogP contribution in [-0.2, 0) is 4.79 Å². The molecule has 6 heteroatoms. The summed E-state index contributed by atoms with van der Waals surface area (Å²) in [6.07, 6.45) is -1.23. The van der Waals surface area contributed by atoms with Crippen molar-refractivity contribution >= 4 is 21.8 Å². The van der Waals surface area contributed by atoms with Crippen molar-refractivity contribution in [2.45, 2.75) is 58.5 Å². The Kier molecular flexibility index (Phi) is 7.01. The molecule has 1 N–H and O–H groups in total. The third kappa shape index (κ3) is 6.57. The van der Waals surface area contributed by atoms with Crippen molar-refractivity contribution in [2.24, 2.45) is 17.3 Å². The Morgan fingerprint density at radius 3 is 2.24 bits per heavy atom. The number of carbonyl (C=O) groups excluding carboxylic acids is 1. The van der Waals surface area contributed by atoms with Gasteiger partial charge in [0.15, 0.2) is 0 Å². The van der Waals surface area contributed by atoms with Crippen molar-refractivity contribution in [1.82, 2.24) is 5.32 Å². The Bertz CT molecular complexity index is 336. The fraction of sp³-hybridized carbons (Fsp3) is 0.933. The first-order chi connectivity index (χ1) is 9.65. The van der Waals surface area contributed by atoms with Gasteiger partial charge in [0, 0.05) is 17.8 Å². The molecule has 21 heavy (non-hydrogen) atoms. The number of hydrogen-bond donors (Lipinski definition) is 1. The fourth-order valence-electron chi connectivity index (χ4n) is 2.79. The van der Waals surface area contributed by atoms with Crippen molar-refractivity contribution in [2.75, 3.05) is 11.9 Å². The molecule has 0 aromatic rings. The third-order valence-corrected chi connectivity index (χ3v) is 4.85. The summed E-state index contributed by atoms with van der Waals surface area (Å²) < 4.78 is 37.8. The van der Waals surface area contributed by atoms with Crippen LogP contribution in [0.2, 0.25) is 0 Å². The predicted octanol–water partition coefficient (Wildman–Crippen LogP) is 4.67. The van der Waals surface area contributed by atoms with Gasteiger partial charge < -0.3 is 5.32 Å². The zero-order chi connectivity index (χ0) is 16.1. The van der Waals surface area contributed by atoms with Crippen LogP contribution in [0.3, 0.4) is 0 Å². The lowest BCUT2D eigenvalue weighted by molar-refractivity contribution is -0.184. The van der Waals surface area contributed by atoms with Gasteiger partial charge in [-0.15, -0.1) is 0 Å². The largest absolute Gasteiger partial charge is 0.391 e. The zero-order valence-electron chi connectivity index (χ0n) is 12.7. The minimum atomic E-state index is -4.11. The molecule has 1 saturated carbocycles. The molecule has 124 valence electrons. The van der Waals surface area contributed by atoms with Crippen LogP contribution in [0.25, 0.3) is 0 Å². The highest BCUT2D eigenvalue weighted by Gasteiger charge is 2.42. The standard InChI is InChI=1S/C15H25BrF3NO/c1-14(2,8-3-9-16)10-20-13(21)11-4-6-12(7-5-11)15(17,18)19/h11-12H,3-10H2,1-2H3,(H,20,21). The number of halogens is 4. The Hall–Kier alpha value is -0.260. The van der Waals surface area contributed by atoms with E-state index in [1.165, 1.54) is 0 Å². The summed E-state index contributed by atoms with van der Waals surface area (Å²) in [7, 11) is 0. The van der Waals surface area contributed by atoms with Crippen LogP contribution in [0.5, 0.6) is 0 Å². The van der Waals surface area contributed by atoms with Crippen LogP contribution in [0, 0.1) is 17.3 Å². The van der Waals surface area contributed by atoms with Crippen molar-refractivity contribution in [3.05, 3.63) is 0 Å². The van der Waals surface area contributed by atoms with Gasteiger partial charge in [-0.05, 0) is 43.9 Å². The van der Waals surface area contributed by atoms with E-state index >= 15 is 0 Å². The van der Waals surface area contributed by atoms with E-state index < -0.39 is 12.1 Å². The molecular weight excluding hydrogens is 347 g/mol.